The van der Waals surface area contributed by atoms with Gasteiger partial charge in [-0.25, -0.2) is 4.99 Å². The number of benzene rings is 2. The van der Waals surface area contributed by atoms with E-state index < -0.39 is 0 Å². The van der Waals surface area contributed by atoms with Crippen LogP contribution in [-0.4, -0.2) is 29.8 Å². The van der Waals surface area contributed by atoms with Gasteiger partial charge in [-0.1, -0.05) is 59.8 Å². The highest BCUT2D eigenvalue weighted by atomic mass is 35.5. The van der Waals surface area contributed by atoms with Gasteiger partial charge in [-0.15, -0.1) is 11.3 Å². The Kier molecular flexibility index (Phi) is 7.72. The Morgan fingerprint density at radius 3 is 2.71 bits per heavy atom. The number of carbonyl (C=O) groups excluding carboxylic acids is 2. The standard InChI is InChI=1S/C25H22ClN3O3S2/c1-16(17-7-4-3-5-8-17)27-23(30)15-34-25-28-21(14-19-9-6-12-33-19)24(31)29(25)18-10-11-22(32-2)20(26)13-18/h3-14,16H,15H2,1-2H3,(H,27,30)/b21-14-/t16-/m1/s1. The SMILES string of the molecule is COc1ccc(N2C(=O)/C(=C/c3cccs3)N=C2SCC(=O)N[C@H](C)c2ccccc2)cc1Cl. The molecule has 0 bridgehead atoms. The smallest absolute Gasteiger partial charge is 0.283 e. The molecular weight excluding hydrogens is 490 g/mol. The van der Waals surface area contributed by atoms with Crippen LogP contribution in [0.15, 0.2) is 76.7 Å². The molecule has 1 atom stereocenters. The van der Waals surface area contributed by atoms with Gasteiger partial charge in [0.05, 0.1) is 29.6 Å². The minimum absolute atomic E-state index is 0.107. The van der Waals surface area contributed by atoms with Crippen LogP contribution >= 0.6 is 34.7 Å². The van der Waals surface area contributed by atoms with Crippen LogP contribution in [0, 0.1) is 0 Å². The van der Waals surface area contributed by atoms with Gasteiger partial charge in [0.2, 0.25) is 5.91 Å². The highest BCUT2D eigenvalue weighted by Gasteiger charge is 2.33. The molecule has 0 aliphatic carbocycles. The lowest BCUT2D eigenvalue weighted by Gasteiger charge is -2.19. The van der Waals surface area contributed by atoms with Crippen molar-refractivity contribution in [3.63, 3.8) is 0 Å². The Hall–Kier alpha value is -3.07. The first-order valence-corrected chi connectivity index (χ1v) is 12.7. The van der Waals surface area contributed by atoms with Crippen LogP contribution in [0.3, 0.4) is 0 Å². The fraction of sp³-hybridized carbons (Fsp3) is 0.160. The van der Waals surface area contributed by atoms with E-state index in [9.17, 15) is 9.59 Å². The number of halogens is 1. The van der Waals surface area contributed by atoms with Crippen LogP contribution in [0.2, 0.25) is 5.02 Å². The fourth-order valence-corrected chi connectivity index (χ4v) is 5.09. The number of hydrogen-bond acceptors (Lipinski definition) is 6. The zero-order valence-corrected chi connectivity index (χ0v) is 20.9. The Balaban J connectivity index is 1.54. The lowest BCUT2D eigenvalue weighted by atomic mass is 10.1. The number of ether oxygens (including phenoxy) is 1. The average molecular weight is 512 g/mol. The predicted molar refractivity (Wildman–Crippen MR) is 141 cm³/mol. The second-order valence-corrected chi connectivity index (χ2v) is 9.72. The molecule has 34 heavy (non-hydrogen) atoms. The van der Waals surface area contributed by atoms with Crippen molar-refractivity contribution in [2.75, 3.05) is 17.8 Å². The highest BCUT2D eigenvalue weighted by Crippen LogP contribution is 2.34. The minimum atomic E-state index is -0.282. The van der Waals surface area contributed by atoms with Crippen molar-refractivity contribution in [3.05, 3.63) is 87.2 Å². The molecule has 9 heteroatoms. The Morgan fingerprint density at radius 1 is 1.24 bits per heavy atom. The quantitative estimate of drug-likeness (QED) is 0.409. The molecule has 0 spiro atoms. The van der Waals surface area contributed by atoms with Crippen LogP contribution in [0.4, 0.5) is 5.69 Å². The first-order chi connectivity index (χ1) is 16.5. The topological polar surface area (TPSA) is 71.0 Å². The molecule has 4 rings (SSSR count). The van der Waals surface area contributed by atoms with Gasteiger partial charge in [0, 0.05) is 4.88 Å². The molecule has 0 radical (unpaired) electrons. The molecule has 1 aliphatic rings. The maximum absolute atomic E-state index is 13.3. The number of amides is 2. The van der Waals surface area contributed by atoms with E-state index in [1.165, 1.54) is 35.1 Å². The summed E-state index contributed by atoms with van der Waals surface area (Å²) < 4.78 is 5.23. The minimum Gasteiger partial charge on any atom is -0.495 e. The number of thioether (sulfide) groups is 1. The second kappa shape index (κ2) is 10.9. The molecule has 1 aromatic heterocycles. The largest absolute Gasteiger partial charge is 0.495 e. The summed E-state index contributed by atoms with van der Waals surface area (Å²) in [4.78, 5) is 32.9. The molecular formula is C25H22ClN3O3S2. The van der Waals surface area contributed by atoms with E-state index in [0.29, 0.717) is 27.3 Å². The number of amidine groups is 1. The van der Waals surface area contributed by atoms with Crippen molar-refractivity contribution in [1.29, 1.82) is 0 Å². The first kappa shape index (κ1) is 24.1. The number of aliphatic imine (C=N–C) groups is 1. The molecule has 1 N–H and O–H groups in total. The number of carbonyl (C=O) groups is 2. The van der Waals surface area contributed by atoms with Crippen molar-refractivity contribution in [2.45, 2.75) is 13.0 Å². The molecule has 0 saturated carbocycles. The Morgan fingerprint density at radius 2 is 2.03 bits per heavy atom. The first-order valence-electron chi connectivity index (χ1n) is 10.4. The van der Waals surface area contributed by atoms with Gasteiger partial charge in [0.15, 0.2) is 5.17 Å². The summed E-state index contributed by atoms with van der Waals surface area (Å²) >= 11 is 9.03. The number of rotatable bonds is 7. The molecule has 0 unspecified atom stereocenters. The van der Waals surface area contributed by atoms with Crippen molar-refractivity contribution in [2.24, 2.45) is 4.99 Å². The van der Waals surface area contributed by atoms with Gasteiger partial charge >= 0.3 is 0 Å². The Labute approximate surface area is 211 Å². The van der Waals surface area contributed by atoms with E-state index in [4.69, 9.17) is 16.3 Å². The molecule has 2 heterocycles. The summed E-state index contributed by atoms with van der Waals surface area (Å²) in [5, 5.41) is 5.71. The molecule has 3 aromatic rings. The maximum atomic E-state index is 13.3. The summed E-state index contributed by atoms with van der Waals surface area (Å²) in [6.45, 7) is 1.93. The van der Waals surface area contributed by atoms with Crippen LogP contribution in [-0.2, 0) is 9.59 Å². The molecule has 2 amide bonds. The number of nitrogens with zero attached hydrogens (tertiary/aromatic N) is 2. The van der Waals surface area contributed by atoms with Gasteiger partial charge in [0.25, 0.3) is 5.91 Å². The van der Waals surface area contributed by atoms with Crippen LogP contribution in [0.5, 0.6) is 5.75 Å². The normalized spacial score (nSPS) is 15.4. The predicted octanol–water partition coefficient (Wildman–Crippen LogP) is 5.76. The van der Waals surface area contributed by atoms with E-state index in [1.807, 2.05) is 54.8 Å². The van der Waals surface area contributed by atoms with E-state index in [0.717, 1.165) is 10.4 Å². The molecule has 1 aliphatic heterocycles. The maximum Gasteiger partial charge on any atom is 0.283 e. The summed E-state index contributed by atoms with van der Waals surface area (Å²) in [6.07, 6.45) is 1.75. The highest BCUT2D eigenvalue weighted by molar-refractivity contribution is 8.14. The number of hydrogen-bond donors (Lipinski definition) is 1. The van der Waals surface area contributed by atoms with Gasteiger partial charge in [-0.05, 0) is 48.2 Å². The van der Waals surface area contributed by atoms with E-state index >= 15 is 0 Å². The van der Waals surface area contributed by atoms with E-state index in [1.54, 1.807) is 24.3 Å². The number of nitrogens with one attached hydrogen (secondary N) is 1. The Bertz CT molecular complexity index is 1240. The lowest BCUT2D eigenvalue weighted by Crippen LogP contribution is -2.33. The third-order valence-corrected chi connectivity index (χ3v) is 7.11. The molecule has 174 valence electrons. The summed E-state index contributed by atoms with van der Waals surface area (Å²) in [5.41, 5.74) is 1.87. The number of anilines is 1. The average Bonchev–Trinajstić information content (AvgIpc) is 3.46. The number of methoxy groups -OCH3 is 1. The summed E-state index contributed by atoms with van der Waals surface area (Å²) in [6, 6.07) is 18.5. The monoisotopic (exact) mass is 511 g/mol. The van der Waals surface area contributed by atoms with Crippen molar-refractivity contribution in [3.8, 4) is 5.75 Å². The van der Waals surface area contributed by atoms with Crippen LogP contribution in [0.25, 0.3) is 6.08 Å². The summed E-state index contributed by atoms with van der Waals surface area (Å²) in [5.74, 6) is 0.178. The van der Waals surface area contributed by atoms with Crippen LogP contribution < -0.4 is 15.0 Å². The summed E-state index contributed by atoms with van der Waals surface area (Å²) in [7, 11) is 1.53. The number of thiophene rings is 1. The van der Waals surface area contributed by atoms with E-state index in [2.05, 4.69) is 10.3 Å². The third-order valence-electron chi connectivity index (χ3n) is 5.05. The van der Waals surface area contributed by atoms with Gasteiger partial charge in [0.1, 0.15) is 11.4 Å². The van der Waals surface area contributed by atoms with Crippen molar-refractivity contribution in [1.82, 2.24) is 5.32 Å². The zero-order valence-electron chi connectivity index (χ0n) is 18.5. The zero-order chi connectivity index (χ0) is 24.1. The molecule has 2 aromatic carbocycles. The molecule has 6 nitrogen and oxygen atoms in total. The van der Waals surface area contributed by atoms with Gasteiger partial charge < -0.3 is 10.1 Å². The second-order valence-electron chi connectivity index (χ2n) is 7.39. The third kappa shape index (κ3) is 5.52. The van der Waals surface area contributed by atoms with Gasteiger partial charge in [-0.2, -0.15) is 0 Å². The fourth-order valence-electron chi connectivity index (χ4n) is 3.36. The van der Waals surface area contributed by atoms with Crippen molar-refractivity contribution < 1.29 is 14.3 Å². The van der Waals surface area contributed by atoms with Crippen LogP contribution in [0.1, 0.15) is 23.4 Å². The van der Waals surface area contributed by atoms with Crippen molar-refractivity contribution >= 4 is 63.4 Å². The molecule has 0 saturated heterocycles. The van der Waals surface area contributed by atoms with Gasteiger partial charge in [-0.3, -0.25) is 14.5 Å². The van der Waals surface area contributed by atoms with E-state index in [-0.39, 0.29) is 23.6 Å². The molecule has 0 fully saturated rings. The lowest BCUT2D eigenvalue weighted by molar-refractivity contribution is -0.119.